The van der Waals surface area contributed by atoms with Gasteiger partial charge in [-0.1, -0.05) is 11.2 Å². The SMILES string of the molecule is CC1CC(NC(=O)[C@@H]2C[C@H]2c2ccc(F)c(F)c2)=NO1. The van der Waals surface area contributed by atoms with Crippen molar-refractivity contribution in [2.45, 2.75) is 31.8 Å². The highest BCUT2D eigenvalue weighted by atomic mass is 19.2. The van der Waals surface area contributed by atoms with Crippen LogP contribution < -0.4 is 5.32 Å². The summed E-state index contributed by atoms with van der Waals surface area (Å²) in [6.07, 6.45) is 1.20. The van der Waals surface area contributed by atoms with Crippen LogP contribution in [0, 0.1) is 17.6 Å². The maximum Gasteiger partial charge on any atom is 0.229 e. The molecule has 0 radical (unpaired) electrons. The Hall–Kier alpha value is -1.98. The van der Waals surface area contributed by atoms with Gasteiger partial charge >= 0.3 is 0 Å². The Morgan fingerprint density at radius 1 is 1.40 bits per heavy atom. The lowest BCUT2D eigenvalue weighted by Gasteiger charge is -2.03. The second-order valence-corrected chi connectivity index (χ2v) is 5.27. The zero-order valence-electron chi connectivity index (χ0n) is 10.9. The highest BCUT2D eigenvalue weighted by Crippen LogP contribution is 2.47. The summed E-state index contributed by atoms with van der Waals surface area (Å²) in [7, 11) is 0. The van der Waals surface area contributed by atoms with Gasteiger partial charge in [0.25, 0.3) is 0 Å². The maximum absolute atomic E-state index is 13.2. The fraction of sp³-hybridized carbons (Fsp3) is 0.429. The van der Waals surface area contributed by atoms with Crippen LogP contribution in [-0.2, 0) is 9.63 Å². The summed E-state index contributed by atoms with van der Waals surface area (Å²) < 4.78 is 26.0. The Balaban J connectivity index is 1.61. The first-order chi connectivity index (χ1) is 9.54. The Morgan fingerprint density at radius 2 is 2.20 bits per heavy atom. The van der Waals surface area contributed by atoms with Gasteiger partial charge < -0.3 is 10.2 Å². The molecule has 1 aromatic carbocycles. The van der Waals surface area contributed by atoms with Gasteiger partial charge in [-0.2, -0.15) is 0 Å². The van der Waals surface area contributed by atoms with E-state index in [-0.39, 0.29) is 23.8 Å². The van der Waals surface area contributed by atoms with Crippen molar-refractivity contribution in [3.63, 3.8) is 0 Å². The summed E-state index contributed by atoms with van der Waals surface area (Å²) >= 11 is 0. The molecule has 1 aliphatic carbocycles. The van der Waals surface area contributed by atoms with Crippen LogP contribution in [0.25, 0.3) is 0 Å². The van der Waals surface area contributed by atoms with Crippen molar-refractivity contribution in [1.82, 2.24) is 5.32 Å². The smallest absolute Gasteiger partial charge is 0.229 e. The zero-order chi connectivity index (χ0) is 14.3. The molecule has 1 aliphatic heterocycles. The molecule has 1 heterocycles. The van der Waals surface area contributed by atoms with Crippen LogP contribution in [0.3, 0.4) is 0 Å². The largest absolute Gasteiger partial charge is 0.391 e. The lowest BCUT2D eigenvalue weighted by Crippen LogP contribution is -2.31. The van der Waals surface area contributed by atoms with Gasteiger partial charge in [0.2, 0.25) is 5.91 Å². The number of rotatable bonds is 2. The summed E-state index contributed by atoms with van der Waals surface area (Å²) in [6.45, 7) is 1.86. The minimum atomic E-state index is -0.879. The number of amides is 1. The average Bonchev–Trinajstić information content (AvgIpc) is 3.11. The van der Waals surface area contributed by atoms with Crippen LogP contribution in [0.2, 0.25) is 0 Å². The highest BCUT2D eigenvalue weighted by molar-refractivity contribution is 6.00. The standard InChI is InChI=1S/C14H14F2N2O2/c1-7-4-13(18-20-7)17-14(19)10-6-9(10)8-2-3-11(15)12(16)5-8/h2-3,5,7,9-10H,4,6H2,1H3,(H,17,18,19)/t7?,9-,10+/m0/s1. The van der Waals surface area contributed by atoms with E-state index in [1.54, 1.807) is 0 Å². The molecule has 0 saturated heterocycles. The predicted octanol–water partition coefficient (Wildman–Crippen LogP) is 2.31. The molecule has 1 saturated carbocycles. The van der Waals surface area contributed by atoms with E-state index in [9.17, 15) is 13.6 Å². The second kappa shape index (κ2) is 4.85. The molecule has 20 heavy (non-hydrogen) atoms. The molecule has 3 rings (SSSR count). The van der Waals surface area contributed by atoms with Crippen LogP contribution in [0.5, 0.6) is 0 Å². The lowest BCUT2D eigenvalue weighted by atomic mass is 10.1. The Labute approximate surface area is 114 Å². The molecule has 1 amide bonds. The normalized spacial score (nSPS) is 27.8. The molecule has 0 aromatic heterocycles. The molecule has 106 valence electrons. The summed E-state index contributed by atoms with van der Waals surface area (Å²) in [5, 5.41) is 6.48. The first kappa shape index (κ1) is 13.0. The molecule has 1 unspecified atom stereocenters. The molecule has 3 atom stereocenters. The summed E-state index contributed by atoms with van der Waals surface area (Å²) in [5.41, 5.74) is 0.655. The number of nitrogens with zero attached hydrogens (tertiary/aromatic N) is 1. The number of oxime groups is 1. The number of halogens is 2. The Bertz CT molecular complexity index is 589. The quantitative estimate of drug-likeness (QED) is 0.903. The van der Waals surface area contributed by atoms with E-state index in [0.717, 1.165) is 12.1 Å². The number of hydrogen-bond acceptors (Lipinski definition) is 3. The third kappa shape index (κ3) is 2.50. The summed E-state index contributed by atoms with van der Waals surface area (Å²) in [6, 6.07) is 3.77. The fourth-order valence-electron chi connectivity index (χ4n) is 2.41. The van der Waals surface area contributed by atoms with Crippen LogP contribution >= 0.6 is 0 Å². The number of hydrogen-bond donors (Lipinski definition) is 1. The van der Waals surface area contributed by atoms with Crippen LogP contribution in [0.4, 0.5) is 8.78 Å². The van der Waals surface area contributed by atoms with E-state index in [0.29, 0.717) is 24.2 Å². The van der Waals surface area contributed by atoms with Crippen molar-refractivity contribution in [3.05, 3.63) is 35.4 Å². The van der Waals surface area contributed by atoms with Crippen LogP contribution in [0.15, 0.2) is 23.4 Å². The second-order valence-electron chi connectivity index (χ2n) is 5.27. The first-order valence-corrected chi connectivity index (χ1v) is 6.53. The van der Waals surface area contributed by atoms with Crippen LogP contribution in [0.1, 0.15) is 31.2 Å². The van der Waals surface area contributed by atoms with Gasteiger partial charge in [0.05, 0.1) is 0 Å². The molecule has 6 heteroatoms. The van der Waals surface area contributed by atoms with Gasteiger partial charge in [-0.05, 0) is 37.0 Å². The van der Waals surface area contributed by atoms with Crippen molar-refractivity contribution in [1.29, 1.82) is 0 Å². The van der Waals surface area contributed by atoms with E-state index < -0.39 is 11.6 Å². The highest BCUT2D eigenvalue weighted by Gasteiger charge is 2.44. The lowest BCUT2D eigenvalue weighted by molar-refractivity contribution is -0.121. The van der Waals surface area contributed by atoms with Crippen LogP contribution in [-0.4, -0.2) is 17.8 Å². The van der Waals surface area contributed by atoms with Gasteiger partial charge in [0.15, 0.2) is 17.5 Å². The third-order valence-electron chi connectivity index (χ3n) is 3.59. The van der Waals surface area contributed by atoms with Gasteiger partial charge in [-0.3, -0.25) is 4.79 Å². The molecule has 1 fully saturated rings. The predicted molar refractivity (Wildman–Crippen MR) is 67.9 cm³/mol. The van der Waals surface area contributed by atoms with E-state index in [2.05, 4.69) is 10.5 Å². The van der Waals surface area contributed by atoms with E-state index >= 15 is 0 Å². The monoisotopic (exact) mass is 280 g/mol. The number of carbonyl (C=O) groups is 1. The average molecular weight is 280 g/mol. The topological polar surface area (TPSA) is 50.7 Å². The molecular formula is C14H14F2N2O2. The van der Waals surface area contributed by atoms with Crippen molar-refractivity contribution >= 4 is 11.7 Å². The van der Waals surface area contributed by atoms with E-state index in [1.807, 2.05) is 6.92 Å². The minimum absolute atomic E-state index is 0.0218. The minimum Gasteiger partial charge on any atom is -0.391 e. The number of carbonyl (C=O) groups excluding carboxylic acids is 1. The van der Waals surface area contributed by atoms with Gasteiger partial charge in [-0.15, -0.1) is 0 Å². The van der Waals surface area contributed by atoms with Gasteiger partial charge in [0, 0.05) is 12.3 Å². The Morgan fingerprint density at radius 3 is 2.85 bits per heavy atom. The molecule has 0 spiro atoms. The first-order valence-electron chi connectivity index (χ1n) is 6.53. The summed E-state index contributed by atoms with van der Waals surface area (Å²) in [5.74, 6) is -1.63. The number of benzene rings is 1. The molecule has 1 aromatic rings. The van der Waals surface area contributed by atoms with Crippen molar-refractivity contribution in [3.8, 4) is 0 Å². The molecule has 1 N–H and O–H groups in total. The molecule has 0 bridgehead atoms. The van der Waals surface area contributed by atoms with Crippen molar-refractivity contribution in [2.75, 3.05) is 0 Å². The summed E-state index contributed by atoms with van der Waals surface area (Å²) in [4.78, 5) is 17.0. The zero-order valence-corrected chi connectivity index (χ0v) is 10.9. The van der Waals surface area contributed by atoms with E-state index in [4.69, 9.17) is 4.84 Å². The third-order valence-corrected chi connectivity index (χ3v) is 3.59. The van der Waals surface area contributed by atoms with Gasteiger partial charge in [-0.25, -0.2) is 8.78 Å². The van der Waals surface area contributed by atoms with Crippen molar-refractivity contribution < 1.29 is 18.4 Å². The number of nitrogens with one attached hydrogen (secondary N) is 1. The molecule has 2 aliphatic rings. The van der Waals surface area contributed by atoms with E-state index in [1.165, 1.54) is 6.07 Å². The molecular weight excluding hydrogens is 266 g/mol. The maximum atomic E-state index is 13.2. The molecule has 4 nitrogen and oxygen atoms in total. The fourth-order valence-corrected chi connectivity index (χ4v) is 2.41. The Kier molecular flexibility index (Phi) is 3.16. The van der Waals surface area contributed by atoms with Gasteiger partial charge in [0.1, 0.15) is 6.10 Å². The van der Waals surface area contributed by atoms with Crippen molar-refractivity contribution in [2.24, 2.45) is 11.1 Å². The number of amidine groups is 1.